The molecule has 2 aromatic heterocycles. The Kier molecular flexibility index (Phi) is 6.92. The fourth-order valence-electron chi connectivity index (χ4n) is 3.65. The molecule has 0 bridgehead atoms. The van der Waals surface area contributed by atoms with Gasteiger partial charge in [-0.2, -0.15) is 13.9 Å². The number of rotatable bonds is 8. The van der Waals surface area contributed by atoms with E-state index in [0.717, 1.165) is 12.1 Å². The third-order valence-corrected chi connectivity index (χ3v) is 5.41. The van der Waals surface area contributed by atoms with Crippen molar-refractivity contribution in [1.82, 2.24) is 20.5 Å². The lowest BCUT2D eigenvalue weighted by atomic mass is 9.99. The van der Waals surface area contributed by atoms with Crippen molar-refractivity contribution < 1.29 is 27.5 Å². The van der Waals surface area contributed by atoms with Crippen molar-refractivity contribution in [3.05, 3.63) is 95.8 Å². The normalized spacial score (nSPS) is 12.4. The minimum absolute atomic E-state index is 0.128. The fraction of sp³-hybridized carbons (Fsp3) is 0.160. The second-order valence-corrected chi connectivity index (χ2v) is 7.71. The number of hydrogen-bond acceptors (Lipinski definition) is 4. The molecule has 4 aromatic rings. The smallest absolute Gasteiger partial charge is 0.309 e. The number of nitrogens with one attached hydrogen (secondary N) is 2. The Morgan fingerprint density at radius 1 is 1.06 bits per heavy atom. The number of H-pyrrole nitrogens is 1. The van der Waals surface area contributed by atoms with Gasteiger partial charge in [0.2, 0.25) is 0 Å². The fourth-order valence-corrected chi connectivity index (χ4v) is 3.65. The maximum Gasteiger partial charge on any atom is 0.309 e. The maximum atomic E-state index is 15.1. The number of amides is 1. The zero-order valence-corrected chi connectivity index (χ0v) is 18.2. The Labute approximate surface area is 197 Å². The number of hydrogen-bond donors (Lipinski definition) is 3. The first-order chi connectivity index (χ1) is 16.8. The maximum absolute atomic E-state index is 15.1. The monoisotopic (exact) mass is 484 g/mol. The SMILES string of the molecule is O=C(N[C@@H](CCO)C(F)(F)c1ccccn1)c1cccc(F)c1-c1cc(-c2ccc(F)cc2)n[nH]1. The lowest BCUT2D eigenvalue weighted by Crippen LogP contribution is -2.47. The first kappa shape index (κ1) is 24.1. The largest absolute Gasteiger partial charge is 0.396 e. The van der Waals surface area contributed by atoms with Crippen molar-refractivity contribution in [3.63, 3.8) is 0 Å². The van der Waals surface area contributed by atoms with Gasteiger partial charge < -0.3 is 10.4 Å². The summed E-state index contributed by atoms with van der Waals surface area (Å²) in [5.74, 6) is -5.78. The van der Waals surface area contributed by atoms with Gasteiger partial charge in [0.1, 0.15) is 23.4 Å². The molecule has 0 unspecified atom stereocenters. The van der Waals surface area contributed by atoms with E-state index in [1.165, 1.54) is 60.8 Å². The molecule has 10 heteroatoms. The number of carbonyl (C=O) groups is 1. The van der Waals surface area contributed by atoms with E-state index in [9.17, 15) is 18.7 Å². The van der Waals surface area contributed by atoms with Crippen LogP contribution in [-0.4, -0.2) is 38.8 Å². The van der Waals surface area contributed by atoms with Crippen LogP contribution in [0.3, 0.4) is 0 Å². The van der Waals surface area contributed by atoms with Gasteiger partial charge in [-0.15, -0.1) is 0 Å². The summed E-state index contributed by atoms with van der Waals surface area (Å²) in [5, 5.41) is 18.3. The van der Waals surface area contributed by atoms with Gasteiger partial charge in [-0.3, -0.25) is 14.9 Å². The van der Waals surface area contributed by atoms with Gasteiger partial charge in [0, 0.05) is 23.9 Å². The van der Waals surface area contributed by atoms with Gasteiger partial charge in [-0.25, -0.2) is 8.78 Å². The molecule has 180 valence electrons. The summed E-state index contributed by atoms with van der Waals surface area (Å²) < 4.78 is 58.3. The number of aliphatic hydroxyl groups excluding tert-OH is 1. The highest BCUT2D eigenvalue weighted by atomic mass is 19.3. The molecule has 0 radical (unpaired) electrons. The van der Waals surface area contributed by atoms with Crippen molar-refractivity contribution in [2.24, 2.45) is 0 Å². The molecule has 1 atom stereocenters. The zero-order chi connectivity index (χ0) is 25.0. The Morgan fingerprint density at radius 2 is 1.83 bits per heavy atom. The van der Waals surface area contributed by atoms with Gasteiger partial charge in [0.05, 0.1) is 17.0 Å². The number of carbonyl (C=O) groups excluding carboxylic acids is 1. The van der Waals surface area contributed by atoms with E-state index >= 15 is 8.78 Å². The lowest BCUT2D eigenvalue weighted by molar-refractivity contribution is -0.0514. The highest BCUT2D eigenvalue weighted by molar-refractivity contribution is 6.01. The molecule has 6 nitrogen and oxygen atoms in total. The van der Waals surface area contributed by atoms with Crippen LogP contribution in [0.1, 0.15) is 22.5 Å². The topological polar surface area (TPSA) is 90.9 Å². The summed E-state index contributed by atoms with van der Waals surface area (Å²) in [4.78, 5) is 16.7. The van der Waals surface area contributed by atoms with Gasteiger partial charge in [-0.1, -0.05) is 12.1 Å². The van der Waals surface area contributed by atoms with E-state index < -0.39 is 48.2 Å². The summed E-state index contributed by atoms with van der Waals surface area (Å²) in [6.07, 6.45) is 0.738. The van der Waals surface area contributed by atoms with Gasteiger partial charge in [-0.05, 0) is 61.0 Å². The predicted molar refractivity (Wildman–Crippen MR) is 120 cm³/mol. The molecule has 0 aliphatic rings. The van der Waals surface area contributed by atoms with Crippen molar-refractivity contribution in [2.45, 2.75) is 18.4 Å². The van der Waals surface area contributed by atoms with E-state index in [4.69, 9.17) is 0 Å². The summed E-state index contributed by atoms with van der Waals surface area (Å²) >= 11 is 0. The van der Waals surface area contributed by atoms with Crippen molar-refractivity contribution in [3.8, 4) is 22.5 Å². The third kappa shape index (κ3) is 5.07. The average Bonchev–Trinajstić information content (AvgIpc) is 3.34. The molecular formula is C25H20F4N4O2. The number of alkyl halides is 2. The van der Waals surface area contributed by atoms with Crippen LogP contribution in [0.5, 0.6) is 0 Å². The summed E-state index contributed by atoms with van der Waals surface area (Å²) in [6.45, 7) is -0.620. The molecule has 0 saturated heterocycles. The lowest BCUT2D eigenvalue weighted by Gasteiger charge is -2.27. The minimum Gasteiger partial charge on any atom is -0.396 e. The quantitative estimate of drug-likeness (QED) is 0.317. The highest BCUT2D eigenvalue weighted by Gasteiger charge is 2.43. The highest BCUT2D eigenvalue weighted by Crippen LogP contribution is 2.33. The Morgan fingerprint density at radius 3 is 2.51 bits per heavy atom. The van der Waals surface area contributed by atoms with Crippen LogP contribution in [-0.2, 0) is 5.92 Å². The first-order valence-corrected chi connectivity index (χ1v) is 10.6. The van der Waals surface area contributed by atoms with Gasteiger partial charge >= 0.3 is 5.92 Å². The standard InChI is InChI=1S/C25H20F4N4O2/c26-16-9-7-15(8-10-16)19-14-20(33-32-19)23-17(4-3-5-18(23)27)24(35)31-22(11-13-34)25(28,29)21-6-1-2-12-30-21/h1-10,12,14,22,34H,11,13H2,(H,31,35)(H,32,33)/t22-/m0/s1. The van der Waals surface area contributed by atoms with Crippen molar-refractivity contribution in [1.29, 1.82) is 0 Å². The third-order valence-electron chi connectivity index (χ3n) is 5.41. The molecule has 0 aliphatic carbocycles. The van der Waals surface area contributed by atoms with Crippen LogP contribution < -0.4 is 5.32 Å². The molecule has 0 spiro atoms. The molecule has 0 fully saturated rings. The second-order valence-electron chi connectivity index (χ2n) is 7.71. The van der Waals surface area contributed by atoms with Crippen LogP contribution in [0.25, 0.3) is 22.5 Å². The number of aliphatic hydroxyl groups is 1. The second kappa shape index (κ2) is 10.1. The Bertz CT molecular complexity index is 1310. The molecule has 2 heterocycles. The Balaban J connectivity index is 1.66. The minimum atomic E-state index is -3.60. The van der Waals surface area contributed by atoms with Crippen LogP contribution in [0.2, 0.25) is 0 Å². The molecular weight excluding hydrogens is 464 g/mol. The molecule has 1 amide bonds. The Hall–Kier alpha value is -4.05. The average molecular weight is 484 g/mol. The summed E-state index contributed by atoms with van der Waals surface area (Å²) in [6, 6.07) is 12.8. The summed E-state index contributed by atoms with van der Waals surface area (Å²) in [5.41, 5.74) is 0.0935. The van der Waals surface area contributed by atoms with E-state index in [1.807, 2.05) is 0 Å². The molecule has 3 N–H and O–H groups in total. The zero-order valence-electron chi connectivity index (χ0n) is 18.2. The molecule has 35 heavy (non-hydrogen) atoms. The number of aromatic amines is 1. The van der Waals surface area contributed by atoms with Crippen molar-refractivity contribution in [2.75, 3.05) is 6.61 Å². The van der Waals surface area contributed by atoms with E-state index in [0.29, 0.717) is 11.3 Å². The molecule has 2 aromatic carbocycles. The van der Waals surface area contributed by atoms with E-state index in [-0.39, 0.29) is 16.8 Å². The van der Waals surface area contributed by atoms with Crippen LogP contribution in [0.4, 0.5) is 17.6 Å². The summed E-state index contributed by atoms with van der Waals surface area (Å²) in [7, 11) is 0. The first-order valence-electron chi connectivity index (χ1n) is 10.6. The number of aromatic nitrogens is 3. The van der Waals surface area contributed by atoms with Crippen LogP contribution in [0.15, 0.2) is 72.9 Å². The number of benzene rings is 2. The number of halogens is 4. The molecule has 0 saturated carbocycles. The van der Waals surface area contributed by atoms with Crippen molar-refractivity contribution >= 4 is 5.91 Å². The molecule has 0 aliphatic heterocycles. The van der Waals surface area contributed by atoms with Crippen LogP contribution in [0, 0.1) is 11.6 Å². The van der Waals surface area contributed by atoms with E-state index in [2.05, 4.69) is 20.5 Å². The number of pyridine rings is 1. The van der Waals surface area contributed by atoms with Gasteiger partial charge in [0.15, 0.2) is 0 Å². The predicted octanol–water partition coefficient (Wildman–Crippen LogP) is 4.69. The van der Waals surface area contributed by atoms with Gasteiger partial charge in [0.25, 0.3) is 5.91 Å². The number of nitrogens with zero attached hydrogens (tertiary/aromatic N) is 2. The van der Waals surface area contributed by atoms with E-state index in [1.54, 1.807) is 0 Å². The molecule has 4 rings (SSSR count). The van der Waals surface area contributed by atoms with Crippen LogP contribution >= 0.6 is 0 Å².